The van der Waals surface area contributed by atoms with Gasteiger partial charge in [0, 0.05) is 23.3 Å². The topological polar surface area (TPSA) is 99.3 Å². The second-order valence-corrected chi connectivity index (χ2v) is 10.7. The van der Waals surface area contributed by atoms with Crippen molar-refractivity contribution in [1.29, 1.82) is 0 Å². The monoisotopic (exact) mass is 506 g/mol. The maximum absolute atomic E-state index is 12.8. The first-order chi connectivity index (χ1) is 16.9. The van der Waals surface area contributed by atoms with Gasteiger partial charge in [-0.1, -0.05) is 44.5 Å². The van der Waals surface area contributed by atoms with Crippen LogP contribution in [-0.2, 0) is 15.0 Å². The number of rotatable bonds is 6. The van der Waals surface area contributed by atoms with Gasteiger partial charge in [-0.25, -0.2) is 4.98 Å². The van der Waals surface area contributed by atoms with Crippen LogP contribution in [0.2, 0.25) is 5.02 Å². The van der Waals surface area contributed by atoms with Crippen molar-refractivity contribution in [3.8, 4) is 0 Å². The smallest absolute Gasteiger partial charge is 0.237 e. The molecule has 1 aliphatic rings. The molecule has 2 heterocycles. The summed E-state index contributed by atoms with van der Waals surface area (Å²) in [7, 11) is 0. The first-order valence-corrected chi connectivity index (χ1v) is 12.2. The van der Waals surface area contributed by atoms with Crippen LogP contribution in [0.15, 0.2) is 48.7 Å². The molecule has 2 aromatic carbocycles. The number of hydrogen-bond acceptors (Lipinski definition) is 6. The highest BCUT2D eigenvalue weighted by molar-refractivity contribution is 6.33. The number of likely N-dealkylation sites (N-methyl/N-ethyl adjacent to an activating group) is 1. The van der Waals surface area contributed by atoms with Crippen molar-refractivity contribution < 1.29 is 9.59 Å². The van der Waals surface area contributed by atoms with E-state index < -0.39 is 10.8 Å². The summed E-state index contributed by atoms with van der Waals surface area (Å²) in [6.07, 6.45) is 1.51. The van der Waals surface area contributed by atoms with Crippen molar-refractivity contribution >= 4 is 57.9 Å². The summed E-state index contributed by atoms with van der Waals surface area (Å²) in [4.78, 5) is 36.0. The molecule has 0 unspecified atom stereocenters. The van der Waals surface area contributed by atoms with E-state index in [0.717, 1.165) is 16.9 Å². The van der Waals surface area contributed by atoms with Crippen LogP contribution in [0.4, 0.5) is 34.5 Å². The number of aromatic nitrogens is 2. The van der Waals surface area contributed by atoms with Crippen LogP contribution in [0, 0.1) is 5.41 Å². The Morgan fingerprint density at radius 2 is 1.78 bits per heavy atom. The maximum Gasteiger partial charge on any atom is 0.237 e. The van der Waals surface area contributed by atoms with Crippen LogP contribution in [0.3, 0.4) is 0 Å². The number of nitrogens with one attached hydrogen (secondary N) is 3. The third-order valence-corrected chi connectivity index (χ3v) is 6.44. The summed E-state index contributed by atoms with van der Waals surface area (Å²) in [5.41, 5.74) is 2.75. The average Bonchev–Trinajstić information content (AvgIpc) is 3.01. The van der Waals surface area contributed by atoms with Gasteiger partial charge in [-0.05, 0) is 56.7 Å². The van der Waals surface area contributed by atoms with Gasteiger partial charge in [0.05, 0.1) is 23.0 Å². The lowest BCUT2D eigenvalue weighted by molar-refractivity contribution is -0.123. The molecule has 0 radical (unpaired) electrons. The fraction of sp³-hybridized carbons (Fsp3) is 0.333. The Bertz CT molecular complexity index is 1330. The van der Waals surface area contributed by atoms with Crippen LogP contribution in [-0.4, -0.2) is 28.3 Å². The van der Waals surface area contributed by atoms with E-state index in [2.05, 4.69) is 25.9 Å². The van der Waals surface area contributed by atoms with Gasteiger partial charge in [-0.3, -0.25) is 9.59 Å². The van der Waals surface area contributed by atoms with Crippen molar-refractivity contribution in [3.05, 3.63) is 59.2 Å². The zero-order valence-corrected chi connectivity index (χ0v) is 22.1. The summed E-state index contributed by atoms with van der Waals surface area (Å²) in [5, 5.41) is 9.71. The Balaban J connectivity index is 1.59. The molecular formula is C27H31ClN6O2. The van der Waals surface area contributed by atoms with Gasteiger partial charge in [0.15, 0.2) is 5.82 Å². The molecule has 2 amide bonds. The third-order valence-electron chi connectivity index (χ3n) is 6.17. The normalized spacial score (nSPS) is 14.4. The molecule has 36 heavy (non-hydrogen) atoms. The lowest BCUT2D eigenvalue weighted by atomic mass is 9.86. The molecule has 8 nitrogen and oxygen atoms in total. The molecule has 0 aliphatic carbocycles. The van der Waals surface area contributed by atoms with Crippen molar-refractivity contribution in [2.75, 3.05) is 27.4 Å². The Morgan fingerprint density at radius 1 is 1.08 bits per heavy atom. The summed E-state index contributed by atoms with van der Waals surface area (Å²) in [5.74, 6) is 0.712. The van der Waals surface area contributed by atoms with Gasteiger partial charge >= 0.3 is 0 Å². The molecule has 3 aromatic rings. The number of carbonyl (C=O) groups excluding carboxylic acids is 2. The molecule has 1 aliphatic heterocycles. The van der Waals surface area contributed by atoms with Crippen LogP contribution in [0.1, 0.15) is 47.1 Å². The number of benzene rings is 2. The van der Waals surface area contributed by atoms with Crippen LogP contribution < -0.4 is 20.9 Å². The summed E-state index contributed by atoms with van der Waals surface area (Å²) in [6, 6.07) is 13.2. The minimum absolute atomic E-state index is 0.0867. The fourth-order valence-corrected chi connectivity index (χ4v) is 4.15. The summed E-state index contributed by atoms with van der Waals surface area (Å²) in [6.45, 7) is 12.0. The number of amides is 2. The molecule has 1 aromatic heterocycles. The molecule has 9 heteroatoms. The number of halogens is 1. The lowest BCUT2D eigenvalue weighted by Crippen LogP contribution is -2.35. The molecule has 0 atom stereocenters. The Labute approximate surface area is 216 Å². The minimum Gasteiger partial charge on any atom is -0.337 e. The van der Waals surface area contributed by atoms with E-state index in [4.69, 9.17) is 11.6 Å². The molecule has 0 spiro atoms. The number of anilines is 6. The number of carbonyl (C=O) groups is 2. The van der Waals surface area contributed by atoms with Crippen LogP contribution >= 0.6 is 11.6 Å². The molecule has 0 saturated carbocycles. The second-order valence-electron chi connectivity index (χ2n) is 10.3. The SMILES string of the molecule is CCN1C(=O)C(C)(C)c2cc(Nc3ncc(Cl)c(Nc4ccccc4NC(=O)C(C)(C)C)n3)ccc21. The lowest BCUT2D eigenvalue weighted by Gasteiger charge is -2.20. The largest absolute Gasteiger partial charge is 0.337 e. The van der Waals surface area contributed by atoms with E-state index in [0.29, 0.717) is 34.7 Å². The molecule has 0 bridgehead atoms. The Kier molecular flexibility index (Phi) is 6.66. The van der Waals surface area contributed by atoms with E-state index in [1.807, 2.05) is 84.0 Å². The van der Waals surface area contributed by atoms with Crippen LogP contribution in [0.25, 0.3) is 0 Å². The predicted octanol–water partition coefficient (Wildman–Crippen LogP) is 6.25. The predicted molar refractivity (Wildman–Crippen MR) is 146 cm³/mol. The van der Waals surface area contributed by atoms with E-state index in [1.165, 1.54) is 6.20 Å². The van der Waals surface area contributed by atoms with E-state index >= 15 is 0 Å². The van der Waals surface area contributed by atoms with E-state index in [9.17, 15) is 9.59 Å². The first kappa shape index (κ1) is 25.4. The molecule has 0 fully saturated rings. The maximum atomic E-state index is 12.8. The van der Waals surface area contributed by atoms with Gasteiger partial charge in [-0.2, -0.15) is 4.98 Å². The fourth-order valence-electron chi connectivity index (χ4n) is 4.01. The van der Waals surface area contributed by atoms with Crippen molar-refractivity contribution in [1.82, 2.24) is 9.97 Å². The van der Waals surface area contributed by atoms with Crippen LogP contribution in [0.5, 0.6) is 0 Å². The zero-order valence-electron chi connectivity index (χ0n) is 21.4. The highest BCUT2D eigenvalue weighted by atomic mass is 35.5. The minimum atomic E-state index is -0.613. The summed E-state index contributed by atoms with van der Waals surface area (Å²) < 4.78 is 0. The van der Waals surface area contributed by atoms with Crippen molar-refractivity contribution in [3.63, 3.8) is 0 Å². The number of nitrogens with zero attached hydrogens (tertiary/aromatic N) is 3. The second kappa shape index (κ2) is 9.43. The number of fused-ring (bicyclic) bond motifs is 1. The third kappa shape index (κ3) is 4.86. The molecular weight excluding hydrogens is 476 g/mol. The molecule has 188 valence electrons. The van der Waals surface area contributed by atoms with Gasteiger partial charge < -0.3 is 20.9 Å². The van der Waals surface area contributed by atoms with E-state index in [1.54, 1.807) is 4.90 Å². The molecule has 3 N–H and O–H groups in total. The number of hydrogen-bond donors (Lipinski definition) is 3. The quantitative estimate of drug-likeness (QED) is 0.365. The first-order valence-electron chi connectivity index (χ1n) is 11.9. The molecule has 0 saturated heterocycles. The van der Waals surface area contributed by atoms with Gasteiger partial charge in [0.2, 0.25) is 17.8 Å². The Morgan fingerprint density at radius 3 is 2.44 bits per heavy atom. The summed E-state index contributed by atoms with van der Waals surface area (Å²) >= 11 is 6.40. The van der Waals surface area contributed by atoms with Crippen molar-refractivity contribution in [2.24, 2.45) is 5.41 Å². The van der Waals surface area contributed by atoms with Crippen molar-refractivity contribution in [2.45, 2.75) is 47.0 Å². The Hall–Kier alpha value is -3.65. The zero-order chi connectivity index (χ0) is 26.3. The van der Waals surface area contributed by atoms with Gasteiger partial charge in [0.1, 0.15) is 5.02 Å². The molecule has 4 rings (SSSR count). The highest BCUT2D eigenvalue weighted by Crippen LogP contribution is 2.43. The number of para-hydroxylation sites is 2. The highest BCUT2D eigenvalue weighted by Gasteiger charge is 2.43. The standard InChI is InChI=1S/C27H31ClN6O2/c1-7-34-21-13-12-16(14-17(21)27(5,6)24(34)36)30-25-29-15-18(28)22(33-25)31-19-10-8-9-11-20(19)32-23(35)26(2,3)4/h8-15H,7H2,1-6H3,(H,32,35)(H2,29,30,31,33). The van der Waals surface area contributed by atoms with E-state index in [-0.39, 0.29) is 11.8 Å². The van der Waals surface area contributed by atoms with Gasteiger partial charge in [-0.15, -0.1) is 0 Å². The van der Waals surface area contributed by atoms with Gasteiger partial charge in [0.25, 0.3) is 0 Å². The average molecular weight is 507 g/mol.